The minimum Gasteiger partial charge on any atom is -0.390 e. The average molecular weight is 429 g/mol. The molecule has 0 aromatic carbocycles. The normalized spacial score (nSPS) is 60.2. The Bertz CT molecular complexity index is 745. The first kappa shape index (κ1) is 21.5. The molecule has 5 aliphatic carbocycles. The third-order valence-corrected chi connectivity index (χ3v) is 13.6. The lowest BCUT2D eigenvalue weighted by molar-refractivity contribution is -0.247. The van der Waals surface area contributed by atoms with Crippen molar-refractivity contribution in [3.05, 3.63) is 0 Å². The Kier molecular flexibility index (Phi) is 4.52. The molecule has 6 aliphatic rings. The van der Waals surface area contributed by atoms with Gasteiger partial charge in [0, 0.05) is 5.41 Å². The minimum atomic E-state index is -0.218. The van der Waals surface area contributed by atoms with Crippen LogP contribution in [0.5, 0.6) is 0 Å². The molecule has 1 heterocycles. The third-order valence-electron chi connectivity index (χ3n) is 13.6. The smallest absolute Gasteiger partial charge is 0.0804 e. The van der Waals surface area contributed by atoms with Crippen molar-refractivity contribution >= 4 is 0 Å². The van der Waals surface area contributed by atoms with Crippen LogP contribution in [0, 0.1) is 56.7 Å². The Morgan fingerprint density at radius 3 is 2.23 bits per heavy atom. The fourth-order valence-electron chi connectivity index (χ4n) is 12.3. The molecule has 1 unspecified atom stereocenters. The lowest BCUT2D eigenvalue weighted by atomic mass is 9.32. The molecule has 1 aliphatic heterocycles. The van der Waals surface area contributed by atoms with Gasteiger partial charge in [0.05, 0.1) is 19.3 Å². The van der Waals surface area contributed by atoms with Gasteiger partial charge < -0.3 is 9.84 Å². The quantitative estimate of drug-likeness (QED) is 0.457. The molecular weight excluding hydrogens is 380 g/mol. The van der Waals surface area contributed by atoms with Gasteiger partial charge in [-0.15, -0.1) is 0 Å². The van der Waals surface area contributed by atoms with E-state index >= 15 is 0 Å². The van der Waals surface area contributed by atoms with E-state index in [0.717, 1.165) is 24.4 Å². The van der Waals surface area contributed by atoms with E-state index in [1.54, 1.807) is 0 Å². The molecule has 2 bridgehead atoms. The highest BCUT2D eigenvalue weighted by Crippen LogP contribution is 2.78. The lowest BCUT2D eigenvalue weighted by Gasteiger charge is -2.73. The summed E-state index contributed by atoms with van der Waals surface area (Å²) in [5.41, 5.74) is 2.32. The fourth-order valence-corrected chi connectivity index (χ4v) is 12.3. The Morgan fingerprint density at radius 1 is 0.710 bits per heavy atom. The van der Waals surface area contributed by atoms with Crippen LogP contribution in [0.1, 0.15) is 105 Å². The van der Waals surface area contributed by atoms with Crippen LogP contribution in [0.15, 0.2) is 0 Å². The molecule has 1 N–H and O–H groups in total. The van der Waals surface area contributed by atoms with Gasteiger partial charge in [0.25, 0.3) is 0 Å². The number of rotatable bonds is 0. The molecule has 10 atom stereocenters. The number of aliphatic hydroxyl groups excluding tert-OH is 1. The number of hydrogen-bond acceptors (Lipinski definition) is 2. The van der Waals surface area contributed by atoms with Crippen molar-refractivity contribution in [3.63, 3.8) is 0 Å². The largest absolute Gasteiger partial charge is 0.390 e. The molecule has 1 saturated heterocycles. The summed E-state index contributed by atoms with van der Waals surface area (Å²) in [5.74, 6) is 3.82. The van der Waals surface area contributed by atoms with Crippen molar-refractivity contribution in [3.8, 4) is 0 Å². The molecule has 0 aromatic heterocycles. The summed E-state index contributed by atoms with van der Waals surface area (Å²) in [6.45, 7) is 14.9. The minimum absolute atomic E-state index is 0.218. The first-order valence-electron chi connectivity index (χ1n) is 13.8. The molecule has 2 heteroatoms. The van der Waals surface area contributed by atoms with Gasteiger partial charge in [0.15, 0.2) is 0 Å². The number of fused-ring (bicyclic) bond motifs is 5. The maximum Gasteiger partial charge on any atom is 0.0804 e. The molecule has 0 amide bonds. The van der Waals surface area contributed by atoms with Crippen molar-refractivity contribution in [2.75, 3.05) is 13.2 Å². The van der Waals surface area contributed by atoms with Gasteiger partial charge in [-0.1, -0.05) is 41.0 Å². The molecule has 31 heavy (non-hydrogen) atoms. The second kappa shape index (κ2) is 6.53. The third kappa shape index (κ3) is 2.48. The first-order chi connectivity index (χ1) is 14.6. The zero-order valence-corrected chi connectivity index (χ0v) is 21.0. The van der Waals surface area contributed by atoms with Gasteiger partial charge in [-0.25, -0.2) is 0 Å². The van der Waals surface area contributed by atoms with E-state index in [1.165, 1.54) is 70.6 Å². The fraction of sp³-hybridized carbons (Fsp3) is 1.00. The van der Waals surface area contributed by atoms with Gasteiger partial charge in [-0.2, -0.15) is 0 Å². The predicted molar refractivity (Wildman–Crippen MR) is 126 cm³/mol. The van der Waals surface area contributed by atoms with Gasteiger partial charge in [-0.3, -0.25) is 0 Å². The molecule has 5 saturated carbocycles. The Morgan fingerprint density at radius 2 is 1.42 bits per heavy atom. The van der Waals surface area contributed by atoms with E-state index in [0.29, 0.717) is 45.5 Å². The van der Waals surface area contributed by atoms with E-state index in [2.05, 4.69) is 34.6 Å². The lowest BCUT2D eigenvalue weighted by Crippen LogP contribution is -2.66. The molecule has 0 radical (unpaired) electrons. The van der Waals surface area contributed by atoms with Gasteiger partial charge in [0.2, 0.25) is 0 Å². The summed E-state index contributed by atoms with van der Waals surface area (Å²) in [7, 11) is 0. The monoisotopic (exact) mass is 428 g/mol. The van der Waals surface area contributed by atoms with E-state index in [4.69, 9.17) is 4.74 Å². The maximum absolute atomic E-state index is 10.8. The first-order valence-corrected chi connectivity index (χ1v) is 13.8. The highest BCUT2D eigenvalue weighted by atomic mass is 16.5. The predicted octanol–water partition coefficient (Wildman–Crippen LogP) is 6.85. The summed E-state index contributed by atoms with van der Waals surface area (Å²) >= 11 is 0. The van der Waals surface area contributed by atoms with Crippen LogP contribution in [0.3, 0.4) is 0 Å². The Hall–Kier alpha value is -0.0800. The van der Waals surface area contributed by atoms with Gasteiger partial charge >= 0.3 is 0 Å². The second-order valence-electron chi connectivity index (χ2n) is 14.6. The van der Waals surface area contributed by atoms with Gasteiger partial charge in [0.1, 0.15) is 0 Å². The summed E-state index contributed by atoms with van der Waals surface area (Å²) in [5, 5.41) is 10.8. The number of ether oxygens (including phenoxy) is 1. The van der Waals surface area contributed by atoms with Crippen LogP contribution in [0.2, 0.25) is 0 Å². The zero-order chi connectivity index (χ0) is 21.9. The zero-order valence-electron chi connectivity index (χ0n) is 21.0. The summed E-state index contributed by atoms with van der Waals surface area (Å²) in [4.78, 5) is 0. The Labute approximate surface area is 191 Å². The number of hydrogen-bond donors (Lipinski definition) is 1. The van der Waals surface area contributed by atoms with Crippen LogP contribution < -0.4 is 0 Å². The number of aliphatic hydroxyl groups is 1. The summed E-state index contributed by atoms with van der Waals surface area (Å²) < 4.78 is 6.25. The van der Waals surface area contributed by atoms with E-state index < -0.39 is 0 Å². The topological polar surface area (TPSA) is 29.5 Å². The van der Waals surface area contributed by atoms with E-state index in [9.17, 15) is 5.11 Å². The summed E-state index contributed by atoms with van der Waals surface area (Å²) in [6, 6.07) is 0. The van der Waals surface area contributed by atoms with Gasteiger partial charge in [-0.05, 0) is 115 Å². The highest BCUT2D eigenvalue weighted by molar-refractivity contribution is 5.20. The van der Waals surface area contributed by atoms with Crippen molar-refractivity contribution in [2.45, 2.75) is 111 Å². The van der Waals surface area contributed by atoms with Crippen molar-refractivity contribution in [1.82, 2.24) is 0 Å². The van der Waals surface area contributed by atoms with Crippen molar-refractivity contribution < 1.29 is 9.84 Å². The molecule has 6 fully saturated rings. The van der Waals surface area contributed by atoms with E-state index in [1.807, 2.05) is 0 Å². The van der Waals surface area contributed by atoms with Crippen molar-refractivity contribution in [1.29, 1.82) is 0 Å². The van der Waals surface area contributed by atoms with E-state index in [-0.39, 0.29) is 6.10 Å². The standard InChI is InChI=1S/C29H48O2/c1-25(2)12-6-13-26(3)22(25)11-15-27(4)23(26)7-8-24-28(27,5)14-10-20-19-9-16-29(20,24)18-31-17-21(19)30/h19-24,30H,6-18H2,1-5H3/t19-,20-,21?,22-,23+,24-,26-,27+,28+,29+/m0/s1. The van der Waals surface area contributed by atoms with Crippen LogP contribution in [-0.4, -0.2) is 24.4 Å². The highest BCUT2D eigenvalue weighted by Gasteiger charge is 2.71. The van der Waals surface area contributed by atoms with Crippen LogP contribution in [0.4, 0.5) is 0 Å². The molecular formula is C29H48O2. The second-order valence-corrected chi connectivity index (χ2v) is 14.6. The van der Waals surface area contributed by atoms with Crippen LogP contribution in [-0.2, 0) is 4.74 Å². The maximum atomic E-state index is 10.8. The molecule has 6 rings (SSSR count). The molecule has 2 nitrogen and oxygen atoms in total. The van der Waals surface area contributed by atoms with Crippen LogP contribution >= 0.6 is 0 Å². The molecule has 0 aromatic rings. The van der Waals surface area contributed by atoms with Crippen molar-refractivity contribution in [2.24, 2.45) is 56.7 Å². The SMILES string of the molecule is CC1(C)CCC[C@]2(C)[C@H]3CC[C@@H]4[C@]56CC[C@H](C(O)COC5)[C@@H]6CC[C@@]4(C)[C@]3(C)CC[C@@H]12. The average Bonchev–Trinajstić information content (AvgIpc) is 3.00. The molecule has 0 spiro atoms. The summed E-state index contributed by atoms with van der Waals surface area (Å²) in [6.07, 6.45) is 15.2. The van der Waals surface area contributed by atoms with Crippen LogP contribution in [0.25, 0.3) is 0 Å². The molecule has 176 valence electrons. The Balaban J connectivity index is 1.40.